The van der Waals surface area contributed by atoms with Gasteiger partial charge in [-0.3, -0.25) is 9.59 Å². The first-order valence-electron chi connectivity index (χ1n) is 6.16. The lowest BCUT2D eigenvalue weighted by Crippen LogP contribution is -2.50. The van der Waals surface area contributed by atoms with Gasteiger partial charge in [0, 0.05) is 19.2 Å². The number of hydrogen-bond donors (Lipinski definition) is 4. The van der Waals surface area contributed by atoms with Crippen LogP contribution in [0.1, 0.15) is 0 Å². The zero-order chi connectivity index (χ0) is 16.3. The molecule has 1 aromatic carbocycles. The first kappa shape index (κ1) is 15.5. The molecule has 2 rings (SSSR count). The van der Waals surface area contributed by atoms with Crippen LogP contribution in [-0.4, -0.2) is 37.3 Å². The van der Waals surface area contributed by atoms with E-state index in [4.69, 9.17) is 10.5 Å². The summed E-state index contributed by atoms with van der Waals surface area (Å²) in [4.78, 5) is 23.6. The Hall–Kier alpha value is -2.91. The predicted molar refractivity (Wildman–Crippen MR) is 73.1 cm³/mol. The summed E-state index contributed by atoms with van der Waals surface area (Å²) in [5.41, 5.74) is 7.38. The molecule has 0 bridgehead atoms. The minimum atomic E-state index is -1.15. The van der Waals surface area contributed by atoms with E-state index in [0.29, 0.717) is 6.07 Å². The van der Waals surface area contributed by atoms with Gasteiger partial charge in [-0.15, -0.1) is 0 Å². The van der Waals surface area contributed by atoms with Crippen LogP contribution in [0.25, 0.3) is 0 Å². The standard InChI is InChI=1S/C12H13F2N5O3/c1-16-19-10(15)12(21)17-7-4-22-8-3-5(13)2-6(14)9(8)18-11(7)20/h2-3,7,16H,4H2,1H3,(H2,15,19)(H,17,21)(H,18,20). The van der Waals surface area contributed by atoms with E-state index in [2.05, 4.69) is 21.2 Å². The molecule has 22 heavy (non-hydrogen) atoms. The molecule has 1 heterocycles. The van der Waals surface area contributed by atoms with Crippen LogP contribution in [0.4, 0.5) is 14.5 Å². The molecule has 1 aliphatic rings. The van der Waals surface area contributed by atoms with E-state index in [0.717, 1.165) is 6.07 Å². The summed E-state index contributed by atoms with van der Waals surface area (Å²) in [5.74, 6) is -3.93. The Labute approximate surface area is 123 Å². The monoisotopic (exact) mass is 313 g/mol. The summed E-state index contributed by atoms with van der Waals surface area (Å²) in [6.07, 6.45) is 0. The SMILES string of the molecule is CNN=C(N)C(=O)NC1COc2cc(F)cc(F)c2NC1=O. The number of carbonyl (C=O) groups excluding carboxylic acids is 2. The Balaban J connectivity index is 2.16. The number of halogens is 2. The molecular weight excluding hydrogens is 300 g/mol. The number of rotatable bonds is 2. The molecule has 1 aliphatic heterocycles. The summed E-state index contributed by atoms with van der Waals surface area (Å²) in [7, 11) is 1.44. The lowest BCUT2D eigenvalue weighted by molar-refractivity contribution is -0.123. The van der Waals surface area contributed by atoms with Gasteiger partial charge in [0.2, 0.25) is 5.84 Å². The fraction of sp³-hybridized carbons (Fsp3) is 0.250. The van der Waals surface area contributed by atoms with E-state index in [1.807, 2.05) is 0 Å². The number of anilines is 1. The van der Waals surface area contributed by atoms with E-state index in [-0.39, 0.29) is 18.0 Å². The zero-order valence-corrected chi connectivity index (χ0v) is 11.4. The Morgan fingerprint density at radius 3 is 2.91 bits per heavy atom. The third-order valence-corrected chi connectivity index (χ3v) is 2.76. The average molecular weight is 313 g/mol. The highest BCUT2D eigenvalue weighted by atomic mass is 19.1. The minimum absolute atomic E-state index is 0.167. The van der Waals surface area contributed by atoms with Crippen molar-refractivity contribution in [2.45, 2.75) is 6.04 Å². The Kier molecular flexibility index (Phi) is 4.39. The molecule has 0 radical (unpaired) electrons. The maximum Gasteiger partial charge on any atom is 0.289 e. The predicted octanol–water partition coefficient (Wildman–Crippen LogP) is -0.728. The van der Waals surface area contributed by atoms with Gasteiger partial charge in [-0.05, 0) is 0 Å². The van der Waals surface area contributed by atoms with Gasteiger partial charge in [0.25, 0.3) is 11.8 Å². The summed E-state index contributed by atoms with van der Waals surface area (Å²) >= 11 is 0. The molecule has 2 amide bonds. The fourth-order valence-corrected chi connectivity index (χ4v) is 1.75. The largest absolute Gasteiger partial charge is 0.488 e. The van der Waals surface area contributed by atoms with Crippen LogP contribution in [-0.2, 0) is 9.59 Å². The van der Waals surface area contributed by atoms with Gasteiger partial charge < -0.3 is 26.5 Å². The fourth-order valence-electron chi connectivity index (χ4n) is 1.75. The van der Waals surface area contributed by atoms with Crippen molar-refractivity contribution in [1.29, 1.82) is 0 Å². The molecule has 1 atom stereocenters. The van der Waals surface area contributed by atoms with Crippen LogP contribution >= 0.6 is 0 Å². The highest BCUT2D eigenvalue weighted by Gasteiger charge is 2.29. The number of benzene rings is 1. The van der Waals surface area contributed by atoms with Crippen LogP contribution in [0.5, 0.6) is 5.75 Å². The summed E-state index contributed by atoms with van der Waals surface area (Å²) in [6.45, 7) is -0.319. The van der Waals surface area contributed by atoms with Gasteiger partial charge >= 0.3 is 0 Å². The third kappa shape index (κ3) is 3.22. The van der Waals surface area contributed by atoms with Crippen molar-refractivity contribution in [3.63, 3.8) is 0 Å². The van der Waals surface area contributed by atoms with Crippen molar-refractivity contribution >= 4 is 23.3 Å². The minimum Gasteiger partial charge on any atom is -0.488 e. The number of ether oxygens (including phenoxy) is 1. The van der Waals surface area contributed by atoms with Crippen molar-refractivity contribution in [3.05, 3.63) is 23.8 Å². The number of hydrogen-bond acceptors (Lipinski definition) is 5. The van der Waals surface area contributed by atoms with E-state index < -0.39 is 35.3 Å². The number of nitrogens with two attached hydrogens (primary N) is 1. The second kappa shape index (κ2) is 6.24. The number of amidine groups is 1. The van der Waals surface area contributed by atoms with Crippen LogP contribution in [0, 0.1) is 11.6 Å². The summed E-state index contributed by atoms with van der Waals surface area (Å²) in [6, 6.07) is 0.395. The van der Waals surface area contributed by atoms with Crippen LogP contribution in [0.2, 0.25) is 0 Å². The van der Waals surface area contributed by atoms with Gasteiger partial charge in [-0.2, -0.15) is 5.10 Å². The number of fused-ring (bicyclic) bond motifs is 1. The third-order valence-electron chi connectivity index (χ3n) is 2.76. The van der Waals surface area contributed by atoms with Crippen molar-refractivity contribution in [1.82, 2.24) is 10.7 Å². The average Bonchev–Trinajstić information content (AvgIpc) is 2.60. The molecule has 0 aliphatic carbocycles. The Morgan fingerprint density at radius 1 is 1.50 bits per heavy atom. The number of nitrogens with zero attached hydrogens (tertiary/aromatic N) is 1. The number of amides is 2. The van der Waals surface area contributed by atoms with Crippen molar-refractivity contribution < 1.29 is 23.1 Å². The summed E-state index contributed by atoms with van der Waals surface area (Å²) < 4.78 is 31.9. The molecule has 8 nitrogen and oxygen atoms in total. The maximum absolute atomic E-state index is 13.6. The van der Waals surface area contributed by atoms with Crippen molar-refractivity contribution in [3.8, 4) is 5.75 Å². The zero-order valence-electron chi connectivity index (χ0n) is 11.4. The van der Waals surface area contributed by atoms with Gasteiger partial charge in [0.1, 0.15) is 29.9 Å². The molecular formula is C12H13F2N5O3. The number of nitrogens with one attached hydrogen (secondary N) is 3. The second-order valence-corrected chi connectivity index (χ2v) is 4.31. The number of hydrazone groups is 1. The first-order chi connectivity index (χ1) is 10.4. The van der Waals surface area contributed by atoms with E-state index in [1.54, 1.807) is 0 Å². The molecule has 0 spiro atoms. The van der Waals surface area contributed by atoms with Gasteiger partial charge in [-0.1, -0.05) is 0 Å². The second-order valence-electron chi connectivity index (χ2n) is 4.31. The van der Waals surface area contributed by atoms with Crippen LogP contribution in [0.15, 0.2) is 17.2 Å². The van der Waals surface area contributed by atoms with Crippen LogP contribution in [0.3, 0.4) is 0 Å². The first-order valence-corrected chi connectivity index (χ1v) is 6.16. The molecule has 10 heteroatoms. The Bertz CT molecular complexity index is 650. The molecule has 0 fully saturated rings. The molecule has 0 aromatic heterocycles. The van der Waals surface area contributed by atoms with Gasteiger partial charge in [-0.25, -0.2) is 8.78 Å². The molecule has 0 saturated heterocycles. The van der Waals surface area contributed by atoms with Crippen molar-refractivity contribution in [2.24, 2.45) is 10.8 Å². The number of carbonyl (C=O) groups is 2. The topological polar surface area (TPSA) is 118 Å². The smallest absolute Gasteiger partial charge is 0.289 e. The maximum atomic E-state index is 13.6. The lowest BCUT2D eigenvalue weighted by Gasteiger charge is -2.14. The van der Waals surface area contributed by atoms with Crippen molar-refractivity contribution in [2.75, 3.05) is 19.0 Å². The molecule has 0 saturated carbocycles. The highest BCUT2D eigenvalue weighted by molar-refractivity contribution is 6.37. The molecule has 1 unspecified atom stereocenters. The van der Waals surface area contributed by atoms with E-state index in [1.165, 1.54) is 7.05 Å². The normalized spacial score (nSPS) is 17.7. The van der Waals surface area contributed by atoms with Gasteiger partial charge in [0.05, 0.1) is 0 Å². The molecule has 1 aromatic rings. The van der Waals surface area contributed by atoms with E-state index >= 15 is 0 Å². The molecule has 118 valence electrons. The highest BCUT2D eigenvalue weighted by Crippen LogP contribution is 2.30. The van der Waals surface area contributed by atoms with E-state index in [9.17, 15) is 18.4 Å². The van der Waals surface area contributed by atoms with Crippen LogP contribution < -0.4 is 26.5 Å². The quantitative estimate of drug-likeness (QED) is 0.326. The molecule has 5 N–H and O–H groups in total. The summed E-state index contributed by atoms with van der Waals surface area (Å²) in [5, 5.41) is 7.96. The lowest BCUT2D eigenvalue weighted by atomic mass is 10.2. The van der Waals surface area contributed by atoms with Gasteiger partial charge in [0.15, 0.2) is 5.82 Å². The Morgan fingerprint density at radius 2 is 2.23 bits per heavy atom.